The Hall–Kier alpha value is -1.07. The lowest BCUT2D eigenvalue weighted by Gasteiger charge is -2.19. The van der Waals surface area contributed by atoms with Gasteiger partial charge in [-0.1, -0.05) is 15.9 Å². The summed E-state index contributed by atoms with van der Waals surface area (Å²) in [6.45, 7) is 0.815. The third-order valence-corrected chi connectivity index (χ3v) is 2.29. The van der Waals surface area contributed by atoms with Crippen molar-refractivity contribution < 1.29 is 4.79 Å². The maximum Gasteiger partial charge on any atom is 0.319 e. The van der Waals surface area contributed by atoms with E-state index in [-0.39, 0.29) is 0 Å². The number of hydrogen-bond donors (Lipinski definition) is 2. The number of nitrogens with zero attached hydrogens (tertiary/aromatic N) is 1. The monoisotopic (exact) mass is 257 g/mol. The summed E-state index contributed by atoms with van der Waals surface area (Å²) in [6.07, 6.45) is 0. The van der Waals surface area contributed by atoms with Crippen molar-refractivity contribution in [1.29, 1.82) is 0 Å². The van der Waals surface area contributed by atoms with Crippen LogP contribution in [0.15, 0.2) is 28.7 Å². The zero-order valence-corrected chi connectivity index (χ0v) is 9.20. The zero-order chi connectivity index (χ0) is 10.6. The van der Waals surface area contributed by atoms with Crippen molar-refractivity contribution in [3.05, 3.63) is 28.7 Å². The van der Waals surface area contributed by atoms with Gasteiger partial charge in [0, 0.05) is 23.2 Å². The van der Waals surface area contributed by atoms with Gasteiger partial charge in [0.05, 0.1) is 0 Å². The van der Waals surface area contributed by atoms with Crippen molar-refractivity contribution in [2.45, 2.75) is 0 Å². The van der Waals surface area contributed by atoms with Crippen LogP contribution < -0.4 is 16.4 Å². The Morgan fingerprint density at radius 2 is 1.93 bits per heavy atom. The number of urea groups is 1. The summed E-state index contributed by atoms with van der Waals surface area (Å²) in [4.78, 5) is 12.5. The van der Waals surface area contributed by atoms with Gasteiger partial charge in [-0.15, -0.1) is 0 Å². The number of carbonyl (C=O) groups excluding carboxylic acids is 1. The standard InChI is InChI=1S/C9H12BrN3O/c10-7-1-3-8(4-2-7)13(6-5-11)9(12)14/h1-4H,5-6,11H2,(H2,12,14). The molecule has 4 N–H and O–H groups in total. The van der Waals surface area contributed by atoms with Gasteiger partial charge in [0.2, 0.25) is 0 Å². The van der Waals surface area contributed by atoms with Gasteiger partial charge in [-0.25, -0.2) is 4.79 Å². The molecule has 1 rings (SSSR count). The number of benzene rings is 1. The molecule has 76 valence electrons. The van der Waals surface area contributed by atoms with Gasteiger partial charge in [0.1, 0.15) is 0 Å². The number of halogens is 1. The van der Waals surface area contributed by atoms with E-state index < -0.39 is 6.03 Å². The molecule has 0 aliphatic rings. The minimum absolute atomic E-state index is 0.388. The van der Waals surface area contributed by atoms with Crippen LogP contribution >= 0.6 is 15.9 Å². The quantitative estimate of drug-likeness (QED) is 0.857. The summed E-state index contributed by atoms with van der Waals surface area (Å²) in [5, 5.41) is 0. The van der Waals surface area contributed by atoms with Crippen molar-refractivity contribution in [3.63, 3.8) is 0 Å². The van der Waals surface area contributed by atoms with E-state index in [4.69, 9.17) is 11.5 Å². The third kappa shape index (κ3) is 2.71. The number of amides is 2. The fourth-order valence-corrected chi connectivity index (χ4v) is 1.38. The van der Waals surface area contributed by atoms with E-state index in [9.17, 15) is 4.79 Å². The molecule has 1 aromatic rings. The smallest absolute Gasteiger partial charge is 0.319 e. The second-order valence-corrected chi connectivity index (χ2v) is 3.67. The molecular formula is C9H12BrN3O. The summed E-state index contributed by atoms with van der Waals surface area (Å²) in [7, 11) is 0. The van der Waals surface area contributed by atoms with Crippen molar-refractivity contribution >= 4 is 27.6 Å². The molecule has 0 radical (unpaired) electrons. The summed E-state index contributed by atoms with van der Waals surface area (Å²) in [6, 6.07) is 6.83. The van der Waals surface area contributed by atoms with Crippen LogP contribution in [0.5, 0.6) is 0 Å². The van der Waals surface area contributed by atoms with Crippen molar-refractivity contribution in [2.24, 2.45) is 11.5 Å². The number of carbonyl (C=O) groups is 1. The number of nitrogens with two attached hydrogens (primary N) is 2. The van der Waals surface area contributed by atoms with E-state index in [0.717, 1.165) is 10.2 Å². The Labute approximate surface area is 91.0 Å². The maximum absolute atomic E-state index is 11.1. The highest BCUT2D eigenvalue weighted by Crippen LogP contribution is 2.17. The van der Waals surface area contributed by atoms with Crippen LogP contribution in [-0.2, 0) is 0 Å². The Kier molecular flexibility index (Phi) is 3.91. The predicted molar refractivity (Wildman–Crippen MR) is 60.1 cm³/mol. The van der Waals surface area contributed by atoms with Crippen LogP contribution in [0, 0.1) is 0 Å². The maximum atomic E-state index is 11.1. The Bertz CT molecular complexity index is 312. The predicted octanol–water partition coefficient (Wildman–Crippen LogP) is 1.29. The van der Waals surface area contributed by atoms with Gasteiger partial charge in [-0.2, -0.15) is 0 Å². The fraction of sp³-hybridized carbons (Fsp3) is 0.222. The van der Waals surface area contributed by atoms with Crippen LogP contribution in [0.25, 0.3) is 0 Å². The molecule has 0 heterocycles. The van der Waals surface area contributed by atoms with E-state index in [2.05, 4.69) is 15.9 Å². The van der Waals surface area contributed by atoms with Crippen LogP contribution in [0.3, 0.4) is 0 Å². The zero-order valence-electron chi connectivity index (χ0n) is 7.61. The molecule has 4 nitrogen and oxygen atoms in total. The molecule has 0 saturated carbocycles. The van der Waals surface area contributed by atoms with Gasteiger partial charge >= 0.3 is 6.03 Å². The molecule has 0 spiro atoms. The second-order valence-electron chi connectivity index (χ2n) is 2.75. The molecule has 0 saturated heterocycles. The summed E-state index contributed by atoms with van der Waals surface area (Å²) < 4.78 is 0.957. The number of rotatable bonds is 3. The van der Waals surface area contributed by atoms with Crippen LogP contribution in [0.4, 0.5) is 10.5 Å². The number of hydrogen-bond acceptors (Lipinski definition) is 2. The Balaban J connectivity index is 2.87. The molecule has 5 heteroatoms. The van der Waals surface area contributed by atoms with E-state index in [0.29, 0.717) is 13.1 Å². The van der Waals surface area contributed by atoms with Gasteiger partial charge in [-0.3, -0.25) is 4.90 Å². The highest BCUT2D eigenvalue weighted by Gasteiger charge is 2.10. The lowest BCUT2D eigenvalue weighted by Crippen LogP contribution is -2.39. The largest absolute Gasteiger partial charge is 0.351 e. The average Bonchev–Trinajstić information content (AvgIpc) is 2.15. The third-order valence-electron chi connectivity index (χ3n) is 1.76. The highest BCUT2D eigenvalue weighted by atomic mass is 79.9. The molecule has 14 heavy (non-hydrogen) atoms. The van der Waals surface area contributed by atoms with Crippen LogP contribution in [0.2, 0.25) is 0 Å². The Morgan fingerprint density at radius 1 is 1.36 bits per heavy atom. The summed E-state index contributed by atoms with van der Waals surface area (Å²) in [5.74, 6) is 0. The average molecular weight is 258 g/mol. The van der Waals surface area contributed by atoms with Crippen molar-refractivity contribution in [1.82, 2.24) is 0 Å². The minimum Gasteiger partial charge on any atom is -0.351 e. The highest BCUT2D eigenvalue weighted by molar-refractivity contribution is 9.10. The first kappa shape index (κ1) is 11.0. The topological polar surface area (TPSA) is 72.3 Å². The Morgan fingerprint density at radius 3 is 2.36 bits per heavy atom. The summed E-state index contributed by atoms with van der Waals surface area (Å²) in [5.41, 5.74) is 11.3. The lowest BCUT2D eigenvalue weighted by atomic mass is 10.3. The molecular weight excluding hydrogens is 246 g/mol. The van der Waals surface area contributed by atoms with E-state index in [1.165, 1.54) is 4.90 Å². The van der Waals surface area contributed by atoms with Crippen molar-refractivity contribution in [3.8, 4) is 0 Å². The number of primary amides is 1. The molecule has 0 bridgehead atoms. The fourth-order valence-electron chi connectivity index (χ4n) is 1.12. The molecule has 0 unspecified atom stereocenters. The van der Waals surface area contributed by atoms with Crippen molar-refractivity contribution in [2.75, 3.05) is 18.0 Å². The first-order valence-corrected chi connectivity index (χ1v) is 4.97. The molecule has 1 aromatic carbocycles. The molecule has 0 aliphatic heterocycles. The van der Waals surface area contributed by atoms with Crippen LogP contribution in [0.1, 0.15) is 0 Å². The molecule has 0 atom stereocenters. The van der Waals surface area contributed by atoms with Crippen LogP contribution in [-0.4, -0.2) is 19.1 Å². The van der Waals surface area contributed by atoms with E-state index in [1.54, 1.807) is 0 Å². The molecule has 0 fully saturated rings. The molecule has 0 aromatic heterocycles. The van der Waals surface area contributed by atoms with Gasteiger partial charge in [0.15, 0.2) is 0 Å². The van der Waals surface area contributed by atoms with E-state index in [1.807, 2.05) is 24.3 Å². The first-order valence-electron chi connectivity index (χ1n) is 4.17. The lowest BCUT2D eigenvalue weighted by molar-refractivity contribution is 0.254. The van der Waals surface area contributed by atoms with Gasteiger partial charge < -0.3 is 11.5 Å². The van der Waals surface area contributed by atoms with Gasteiger partial charge in [-0.05, 0) is 24.3 Å². The second kappa shape index (κ2) is 4.97. The minimum atomic E-state index is -0.488. The first-order chi connectivity index (χ1) is 6.65. The normalized spacial score (nSPS) is 9.86. The molecule has 0 aliphatic carbocycles. The molecule has 2 amide bonds. The van der Waals surface area contributed by atoms with E-state index >= 15 is 0 Å². The number of anilines is 1. The van der Waals surface area contributed by atoms with Gasteiger partial charge in [0.25, 0.3) is 0 Å². The summed E-state index contributed by atoms with van der Waals surface area (Å²) >= 11 is 3.31. The SMILES string of the molecule is NCCN(C(N)=O)c1ccc(Br)cc1.